The van der Waals surface area contributed by atoms with Gasteiger partial charge in [0, 0.05) is 35.4 Å². The second-order valence-corrected chi connectivity index (χ2v) is 12.0. The minimum atomic E-state index is -0.321. The van der Waals surface area contributed by atoms with Crippen molar-refractivity contribution in [3.05, 3.63) is 100.0 Å². The first kappa shape index (κ1) is 31.1. The Kier molecular flexibility index (Phi) is 9.18. The fourth-order valence-electron chi connectivity index (χ4n) is 5.61. The van der Waals surface area contributed by atoms with E-state index in [0.717, 1.165) is 13.0 Å². The number of nitrogens with one attached hydrogen (secondary N) is 1. The maximum absolute atomic E-state index is 14.1. The number of fused-ring (bicyclic) bond motifs is 1. The van der Waals surface area contributed by atoms with E-state index in [1.165, 1.54) is 21.8 Å². The van der Waals surface area contributed by atoms with E-state index < -0.39 is 0 Å². The number of pyridine rings is 1. The molecule has 4 heterocycles. The van der Waals surface area contributed by atoms with Crippen molar-refractivity contribution < 1.29 is 14.3 Å². The number of hydrogen-bond acceptors (Lipinski definition) is 9. The largest absolute Gasteiger partial charge is 0.489 e. The van der Waals surface area contributed by atoms with Crippen molar-refractivity contribution in [3.63, 3.8) is 0 Å². The van der Waals surface area contributed by atoms with Gasteiger partial charge in [-0.1, -0.05) is 11.6 Å². The quantitative estimate of drug-likeness (QED) is 0.206. The van der Waals surface area contributed by atoms with Crippen LogP contribution < -0.4 is 15.6 Å². The third-order valence-electron chi connectivity index (χ3n) is 7.69. The van der Waals surface area contributed by atoms with E-state index in [4.69, 9.17) is 21.3 Å². The molecule has 1 saturated heterocycles. The number of hydrogen-bond donors (Lipinski definition) is 1. The Bertz CT molecular complexity index is 1930. The molecule has 0 spiro atoms. The number of benzene rings is 2. The number of aromatic nitrogens is 6. The molecule has 236 valence electrons. The van der Waals surface area contributed by atoms with E-state index in [1.807, 2.05) is 13.8 Å². The highest BCUT2D eigenvalue weighted by atomic mass is 35.5. The summed E-state index contributed by atoms with van der Waals surface area (Å²) in [6, 6.07) is 15.4. The van der Waals surface area contributed by atoms with Crippen LogP contribution in [-0.2, 0) is 17.9 Å². The Morgan fingerprint density at radius 2 is 1.85 bits per heavy atom. The number of ether oxygens (including phenoxy) is 1. The maximum atomic E-state index is 14.1. The molecule has 12 nitrogen and oxygen atoms in total. The van der Waals surface area contributed by atoms with E-state index in [9.17, 15) is 14.4 Å². The van der Waals surface area contributed by atoms with Gasteiger partial charge in [0.25, 0.3) is 5.56 Å². The molecule has 2 aromatic carbocycles. The van der Waals surface area contributed by atoms with Crippen molar-refractivity contribution in [2.75, 3.05) is 18.4 Å². The van der Waals surface area contributed by atoms with E-state index in [0.29, 0.717) is 64.1 Å². The molecule has 1 N–H and O–H groups in total. The number of carbonyl (C=O) groups excluding carboxylic acids is 2. The summed E-state index contributed by atoms with van der Waals surface area (Å²) in [4.78, 5) is 52.8. The lowest BCUT2D eigenvalue weighted by molar-refractivity contribution is -0.117. The zero-order chi connectivity index (χ0) is 32.2. The monoisotopic (exact) mass is 640 g/mol. The second kappa shape index (κ2) is 13.6. The van der Waals surface area contributed by atoms with Gasteiger partial charge in [-0.15, -0.1) is 0 Å². The third kappa shape index (κ3) is 7.13. The molecule has 1 aliphatic heterocycles. The molecule has 1 aliphatic rings. The third-order valence-corrected chi connectivity index (χ3v) is 7.94. The molecule has 0 radical (unpaired) electrons. The van der Waals surface area contributed by atoms with Crippen molar-refractivity contribution in [1.29, 1.82) is 0 Å². The van der Waals surface area contributed by atoms with E-state index in [-0.39, 0.29) is 35.8 Å². The van der Waals surface area contributed by atoms with Gasteiger partial charge in [0.1, 0.15) is 18.1 Å². The van der Waals surface area contributed by atoms with Crippen LogP contribution in [0.5, 0.6) is 5.75 Å². The predicted molar refractivity (Wildman–Crippen MR) is 173 cm³/mol. The molecular formula is C33H33ClN8O4. The Hall–Kier alpha value is -4.94. The normalized spacial score (nSPS) is 15.0. The summed E-state index contributed by atoms with van der Waals surface area (Å²) in [5, 5.41) is 12.0. The van der Waals surface area contributed by atoms with Crippen LogP contribution in [0.15, 0.2) is 78.0 Å². The summed E-state index contributed by atoms with van der Waals surface area (Å²) < 4.78 is 7.66. The molecule has 6 rings (SSSR count). The Morgan fingerprint density at radius 3 is 2.61 bits per heavy atom. The molecule has 0 aliphatic carbocycles. The molecule has 5 aromatic rings. The van der Waals surface area contributed by atoms with Crippen LogP contribution in [0.25, 0.3) is 16.7 Å². The number of rotatable bonds is 11. The molecule has 46 heavy (non-hydrogen) atoms. The highest BCUT2D eigenvalue weighted by molar-refractivity contribution is 6.30. The smallest absolute Gasteiger partial charge is 0.267 e. The van der Waals surface area contributed by atoms with Crippen molar-refractivity contribution in [2.45, 2.75) is 45.9 Å². The second-order valence-electron chi connectivity index (χ2n) is 11.5. The lowest BCUT2D eigenvalue weighted by Gasteiger charge is -2.22. The fraction of sp³-hybridized carbons (Fsp3) is 0.303. The van der Waals surface area contributed by atoms with Crippen LogP contribution in [0.2, 0.25) is 5.02 Å². The standard InChI is InChI=1S/C33H33ClN8O4/c1-21(2)46-29-10-5-23(28(43)19-41-36-13-14-37-41)17-27(29)42-30(39-32-26(33(42)45)4-3-12-35-32)20-40-15-11-22(18-40)16-31(44)38-25-8-6-24(34)7-9-25/h3-10,12-14,17,21-22H,11,15-16,18-20H2,1-2H3,(H,38,44). The van der Waals surface area contributed by atoms with Crippen molar-refractivity contribution in [1.82, 2.24) is 34.4 Å². The molecule has 1 atom stereocenters. The van der Waals surface area contributed by atoms with E-state index >= 15 is 0 Å². The van der Waals surface area contributed by atoms with Crippen LogP contribution in [0.1, 0.15) is 42.9 Å². The number of halogens is 1. The highest BCUT2D eigenvalue weighted by Gasteiger charge is 2.27. The summed E-state index contributed by atoms with van der Waals surface area (Å²) in [6.45, 7) is 5.43. The van der Waals surface area contributed by atoms with E-state index in [1.54, 1.807) is 60.8 Å². The molecule has 13 heteroatoms. The Balaban J connectivity index is 1.30. The van der Waals surface area contributed by atoms with Gasteiger partial charge in [0.2, 0.25) is 5.91 Å². The minimum absolute atomic E-state index is 0.0563. The van der Waals surface area contributed by atoms with Crippen LogP contribution in [0, 0.1) is 5.92 Å². The molecule has 0 bridgehead atoms. The molecule has 1 unspecified atom stereocenters. The Morgan fingerprint density at radius 1 is 1.07 bits per heavy atom. The van der Waals surface area contributed by atoms with Gasteiger partial charge < -0.3 is 10.1 Å². The number of carbonyl (C=O) groups is 2. The zero-order valence-electron chi connectivity index (χ0n) is 25.5. The van der Waals surface area contributed by atoms with Gasteiger partial charge in [-0.25, -0.2) is 9.97 Å². The molecule has 3 aromatic heterocycles. The van der Waals surface area contributed by atoms with Crippen LogP contribution in [0.4, 0.5) is 5.69 Å². The van der Waals surface area contributed by atoms with Crippen molar-refractivity contribution >= 4 is 40.0 Å². The molecular weight excluding hydrogens is 608 g/mol. The first-order valence-electron chi connectivity index (χ1n) is 15.1. The number of nitrogens with zero attached hydrogens (tertiary/aromatic N) is 7. The first-order valence-corrected chi connectivity index (χ1v) is 15.4. The SMILES string of the molecule is CC(C)Oc1ccc(C(=O)Cn2nccn2)cc1-n1c(CN2CCC(CC(=O)Nc3ccc(Cl)cc3)C2)nc2ncccc2c1=O. The fourth-order valence-corrected chi connectivity index (χ4v) is 5.74. The molecule has 1 amide bonds. The van der Waals surface area contributed by atoms with Crippen LogP contribution >= 0.6 is 11.6 Å². The summed E-state index contributed by atoms with van der Waals surface area (Å²) in [6.07, 6.45) is 5.60. The van der Waals surface area contributed by atoms with Gasteiger partial charge >= 0.3 is 0 Å². The van der Waals surface area contributed by atoms with Crippen LogP contribution in [-0.4, -0.2) is 65.3 Å². The summed E-state index contributed by atoms with van der Waals surface area (Å²) in [7, 11) is 0. The number of likely N-dealkylation sites (tertiary alicyclic amines) is 1. The number of anilines is 1. The molecule has 0 saturated carbocycles. The maximum Gasteiger partial charge on any atom is 0.267 e. The van der Waals surface area contributed by atoms with Gasteiger partial charge in [-0.05, 0) is 87.3 Å². The van der Waals surface area contributed by atoms with Gasteiger partial charge in [0.15, 0.2) is 11.4 Å². The van der Waals surface area contributed by atoms with Crippen molar-refractivity contribution in [2.24, 2.45) is 5.92 Å². The Labute approximate surface area is 270 Å². The van der Waals surface area contributed by atoms with Crippen LogP contribution in [0.3, 0.4) is 0 Å². The van der Waals surface area contributed by atoms with Gasteiger partial charge in [-0.3, -0.25) is 23.9 Å². The molecule has 1 fully saturated rings. The van der Waals surface area contributed by atoms with Gasteiger partial charge in [0.05, 0.1) is 36.1 Å². The van der Waals surface area contributed by atoms with Gasteiger partial charge in [-0.2, -0.15) is 15.0 Å². The summed E-state index contributed by atoms with van der Waals surface area (Å²) in [5.41, 5.74) is 1.49. The number of ketones is 1. The average molecular weight is 641 g/mol. The zero-order valence-corrected chi connectivity index (χ0v) is 26.2. The highest BCUT2D eigenvalue weighted by Crippen LogP contribution is 2.28. The summed E-state index contributed by atoms with van der Waals surface area (Å²) >= 11 is 5.96. The topological polar surface area (TPSA) is 137 Å². The average Bonchev–Trinajstić information content (AvgIpc) is 3.71. The van der Waals surface area contributed by atoms with Crippen molar-refractivity contribution in [3.8, 4) is 11.4 Å². The number of Topliss-reactive ketones (excluding diaryl/α,β-unsaturated/α-hetero) is 1. The number of amides is 1. The lowest BCUT2D eigenvalue weighted by atomic mass is 10.0. The lowest BCUT2D eigenvalue weighted by Crippen LogP contribution is -2.30. The first-order chi connectivity index (χ1) is 22.2. The summed E-state index contributed by atoms with van der Waals surface area (Å²) in [5.74, 6) is 0.728. The minimum Gasteiger partial charge on any atom is -0.489 e. The van der Waals surface area contributed by atoms with E-state index in [2.05, 4.69) is 25.4 Å². The predicted octanol–water partition coefficient (Wildman–Crippen LogP) is 4.55.